The highest BCUT2D eigenvalue weighted by atomic mass is 32.2. The standard InChI is InChI=1S/C10H15N5OS/c11-7-5-8(12)15-10(14-7)17-6-2-1-3-13-9(16)4-6/h5-6H,1-4H2,(H,13,16)(H4,11,12,14,15). The topological polar surface area (TPSA) is 107 Å². The van der Waals surface area contributed by atoms with Crippen LogP contribution >= 0.6 is 11.8 Å². The van der Waals surface area contributed by atoms with Gasteiger partial charge in [0.1, 0.15) is 11.6 Å². The van der Waals surface area contributed by atoms with Gasteiger partial charge in [-0.1, -0.05) is 11.8 Å². The van der Waals surface area contributed by atoms with E-state index in [9.17, 15) is 4.79 Å². The molecule has 0 spiro atoms. The summed E-state index contributed by atoms with van der Waals surface area (Å²) in [7, 11) is 0. The number of nitrogens with one attached hydrogen (secondary N) is 1. The first-order valence-corrected chi connectivity index (χ1v) is 6.35. The Hall–Kier alpha value is -1.50. The zero-order chi connectivity index (χ0) is 12.3. The number of amides is 1. The second-order valence-corrected chi connectivity index (χ2v) is 5.20. The molecular weight excluding hydrogens is 238 g/mol. The number of carbonyl (C=O) groups excluding carboxylic acids is 1. The molecule has 7 heteroatoms. The van der Waals surface area contributed by atoms with E-state index in [4.69, 9.17) is 11.5 Å². The zero-order valence-electron chi connectivity index (χ0n) is 9.35. The van der Waals surface area contributed by atoms with Crippen LogP contribution in [0, 0.1) is 0 Å². The van der Waals surface area contributed by atoms with Crippen molar-refractivity contribution >= 4 is 29.3 Å². The molecule has 1 aliphatic heterocycles. The van der Waals surface area contributed by atoms with Crippen molar-refractivity contribution in [1.82, 2.24) is 15.3 Å². The molecule has 0 bridgehead atoms. The molecule has 1 aromatic heterocycles. The van der Waals surface area contributed by atoms with E-state index in [-0.39, 0.29) is 11.2 Å². The summed E-state index contributed by atoms with van der Waals surface area (Å²) in [5.41, 5.74) is 11.2. The number of nitrogens with two attached hydrogens (primary N) is 2. The van der Waals surface area contributed by atoms with E-state index in [1.54, 1.807) is 0 Å². The molecule has 0 aromatic carbocycles. The third kappa shape index (κ3) is 3.48. The molecule has 1 amide bonds. The van der Waals surface area contributed by atoms with E-state index in [0.29, 0.717) is 23.2 Å². The van der Waals surface area contributed by atoms with Crippen LogP contribution in [0.4, 0.5) is 11.6 Å². The summed E-state index contributed by atoms with van der Waals surface area (Å²) in [5, 5.41) is 3.58. The van der Waals surface area contributed by atoms with Gasteiger partial charge in [0.2, 0.25) is 5.91 Å². The van der Waals surface area contributed by atoms with E-state index in [0.717, 1.165) is 19.4 Å². The average Bonchev–Trinajstić information content (AvgIpc) is 2.41. The maximum atomic E-state index is 11.4. The molecule has 1 aromatic rings. The molecule has 92 valence electrons. The van der Waals surface area contributed by atoms with Crippen LogP contribution in [0.15, 0.2) is 11.2 Å². The molecule has 2 heterocycles. The average molecular weight is 253 g/mol. The summed E-state index contributed by atoms with van der Waals surface area (Å²) in [5.74, 6) is 0.799. The maximum absolute atomic E-state index is 11.4. The Bertz CT molecular complexity index is 405. The molecule has 1 unspecified atom stereocenters. The van der Waals surface area contributed by atoms with E-state index in [1.165, 1.54) is 17.8 Å². The minimum atomic E-state index is 0.0804. The van der Waals surface area contributed by atoms with Crippen molar-refractivity contribution < 1.29 is 4.79 Å². The summed E-state index contributed by atoms with van der Waals surface area (Å²) in [4.78, 5) is 19.6. The SMILES string of the molecule is Nc1cc(N)nc(SC2CCCNC(=O)C2)n1. The predicted octanol–water partition coefficient (Wildman–Crippen LogP) is 0.402. The number of rotatable bonds is 2. The molecule has 2 rings (SSSR count). The molecule has 0 saturated carbocycles. The lowest BCUT2D eigenvalue weighted by Crippen LogP contribution is -2.22. The molecule has 1 fully saturated rings. The highest BCUT2D eigenvalue weighted by molar-refractivity contribution is 7.99. The van der Waals surface area contributed by atoms with Gasteiger partial charge >= 0.3 is 0 Å². The second kappa shape index (κ2) is 5.22. The van der Waals surface area contributed by atoms with Crippen molar-refractivity contribution in [1.29, 1.82) is 0 Å². The normalized spacial score (nSPS) is 20.7. The molecule has 1 saturated heterocycles. The van der Waals surface area contributed by atoms with Gasteiger partial charge in [0.05, 0.1) is 0 Å². The summed E-state index contributed by atoms with van der Waals surface area (Å²) in [6, 6.07) is 1.52. The summed E-state index contributed by atoms with van der Waals surface area (Å²) < 4.78 is 0. The number of carbonyl (C=O) groups is 1. The van der Waals surface area contributed by atoms with Crippen LogP contribution in [0.3, 0.4) is 0 Å². The van der Waals surface area contributed by atoms with Crippen LogP contribution in [0.1, 0.15) is 19.3 Å². The smallest absolute Gasteiger partial charge is 0.221 e. The molecule has 17 heavy (non-hydrogen) atoms. The first-order chi connectivity index (χ1) is 8.13. The Labute approximate surface area is 104 Å². The predicted molar refractivity (Wildman–Crippen MR) is 67.4 cm³/mol. The van der Waals surface area contributed by atoms with Crippen molar-refractivity contribution in [3.63, 3.8) is 0 Å². The zero-order valence-corrected chi connectivity index (χ0v) is 10.2. The highest BCUT2D eigenvalue weighted by Crippen LogP contribution is 2.27. The third-order valence-corrected chi connectivity index (χ3v) is 3.58. The molecule has 6 nitrogen and oxygen atoms in total. The number of thioether (sulfide) groups is 1. The fourth-order valence-corrected chi connectivity index (χ4v) is 2.84. The lowest BCUT2D eigenvalue weighted by molar-refractivity contribution is -0.120. The van der Waals surface area contributed by atoms with E-state index >= 15 is 0 Å². The summed E-state index contributed by atoms with van der Waals surface area (Å²) in [6.07, 6.45) is 2.42. The van der Waals surface area contributed by atoms with Gasteiger partial charge in [0.15, 0.2) is 5.16 Å². The fourth-order valence-electron chi connectivity index (χ4n) is 1.70. The van der Waals surface area contributed by atoms with Crippen molar-refractivity contribution in [2.45, 2.75) is 29.7 Å². The number of hydrogen-bond donors (Lipinski definition) is 3. The molecule has 1 aliphatic rings. The Balaban J connectivity index is 2.06. The van der Waals surface area contributed by atoms with E-state index in [2.05, 4.69) is 15.3 Å². The second-order valence-electron chi connectivity index (χ2n) is 3.94. The number of aromatic nitrogens is 2. The van der Waals surface area contributed by atoms with E-state index < -0.39 is 0 Å². The Morgan fingerprint density at radius 1 is 1.35 bits per heavy atom. The van der Waals surface area contributed by atoms with Gasteiger partial charge in [-0.2, -0.15) is 0 Å². The monoisotopic (exact) mass is 253 g/mol. The minimum absolute atomic E-state index is 0.0804. The Morgan fingerprint density at radius 3 is 2.76 bits per heavy atom. The molecule has 5 N–H and O–H groups in total. The summed E-state index contributed by atoms with van der Waals surface area (Å²) >= 11 is 1.47. The van der Waals surface area contributed by atoms with Gasteiger partial charge in [-0.15, -0.1) is 0 Å². The van der Waals surface area contributed by atoms with Gasteiger partial charge in [0, 0.05) is 24.3 Å². The minimum Gasteiger partial charge on any atom is -0.383 e. The van der Waals surface area contributed by atoms with Crippen LogP contribution in [-0.4, -0.2) is 27.7 Å². The van der Waals surface area contributed by atoms with Crippen LogP contribution in [0.25, 0.3) is 0 Å². The van der Waals surface area contributed by atoms with Crippen molar-refractivity contribution in [3.8, 4) is 0 Å². The van der Waals surface area contributed by atoms with Crippen molar-refractivity contribution in [3.05, 3.63) is 6.07 Å². The van der Waals surface area contributed by atoms with Gasteiger partial charge in [-0.25, -0.2) is 9.97 Å². The highest BCUT2D eigenvalue weighted by Gasteiger charge is 2.19. The summed E-state index contributed by atoms with van der Waals surface area (Å²) in [6.45, 7) is 0.746. The maximum Gasteiger partial charge on any atom is 0.221 e. The first kappa shape index (κ1) is 12.0. The molecular formula is C10H15N5OS. The first-order valence-electron chi connectivity index (χ1n) is 5.47. The lowest BCUT2D eigenvalue weighted by atomic mass is 10.2. The van der Waals surface area contributed by atoms with Gasteiger partial charge in [-0.05, 0) is 12.8 Å². The largest absolute Gasteiger partial charge is 0.383 e. The van der Waals surface area contributed by atoms with E-state index in [1.807, 2.05) is 0 Å². The van der Waals surface area contributed by atoms with Crippen LogP contribution in [0.5, 0.6) is 0 Å². The molecule has 1 atom stereocenters. The number of nitrogens with zero attached hydrogens (tertiary/aromatic N) is 2. The third-order valence-electron chi connectivity index (χ3n) is 2.46. The quantitative estimate of drug-likeness (QED) is 0.659. The number of hydrogen-bond acceptors (Lipinski definition) is 6. The van der Waals surface area contributed by atoms with Gasteiger partial charge in [-0.3, -0.25) is 4.79 Å². The van der Waals surface area contributed by atoms with Crippen molar-refractivity contribution in [2.24, 2.45) is 0 Å². The number of anilines is 2. The van der Waals surface area contributed by atoms with Crippen LogP contribution in [-0.2, 0) is 4.79 Å². The molecule has 0 radical (unpaired) electrons. The van der Waals surface area contributed by atoms with Gasteiger partial charge in [0.25, 0.3) is 0 Å². The fraction of sp³-hybridized carbons (Fsp3) is 0.500. The van der Waals surface area contributed by atoms with Crippen LogP contribution < -0.4 is 16.8 Å². The number of nitrogen functional groups attached to an aromatic ring is 2. The Morgan fingerprint density at radius 2 is 2.06 bits per heavy atom. The Kier molecular flexibility index (Phi) is 3.68. The van der Waals surface area contributed by atoms with Crippen molar-refractivity contribution in [2.75, 3.05) is 18.0 Å². The van der Waals surface area contributed by atoms with Crippen LogP contribution in [0.2, 0.25) is 0 Å². The lowest BCUT2D eigenvalue weighted by Gasteiger charge is -2.11. The molecule has 0 aliphatic carbocycles. The van der Waals surface area contributed by atoms with Gasteiger partial charge < -0.3 is 16.8 Å².